The van der Waals surface area contributed by atoms with E-state index in [1.807, 2.05) is 0 Å². The van der Waals surface area contributed by atoms with Gasteiger partial charge in [-0.25, -0.2) is 9.67 Å². The van der Waals surface area contributed by atoms with E-state index in [-0.39, 0.29) is 25.7 Å². The van der Waals surface area contributed by atoms with Crippen LogP contribution in [-0.4, -0.2) is 49.6 Å². The van der Waals surface area contributed by atoms with Crippen LogP contribution >= 0.6 is 0 Å². The summed E-state index contributed by atoms with van der Waals surface area (Å²) >= 11 is 0. The number of nitrogens with two attached hydrogens (primary N) is 1. The summed E-state index contributed by atoms with van der Waals surface area (Å²) in [7, 11) is 0. The van der Waals surface area contributed by atoms with Crippen molar-refractivity contribution in [3.63, 3.8) is 0 Å². The van der Waals surface area contributed by atoms with Crippen molar-refractivity contribution in [1.82, 2.24) is 20.1 Å². The first-order chi connectivity index (χ1) is 7.49. The van der Waals surface area contributed by atoms with Crippen molar-refractivity contribution in [2.75, 3.05) is 18.9 Å². The summed E-state index contributed by atoms with van der Waals surface area (Å²) in [6, 6.07) is 0. The number of amides is 1. The molecule has 90 valence electrons. The smallest absolute Gasteiger partial charge is 0.242 e. The van der Waals surface area contributed by atoms with Gasteiger partial charge in [0.15, 0.2) is 0 Å². The largest absolute Gasteiger partial charge is 0.394 e. The molecule has 0 unspecified atom stereocenters. The number of rotatable bonds is 5. The van der Waals surface area contributed by atoms with Crippen LogP contribution in [0.1, 0.15) is 6.92 Å². The summed E-state index contributed by atoms with van der Waals surface area (Å²) in [5, 5.41) is 24.2. The molecule has 1 amide bonds. The third-order valence-corrected chi connectivity index (χ3v) is 2.00. The zero-order chi connectivity index (χ0) is 12.2. The second-order valence-corrected chi connectivity index (χ2v) is 3.73. The molecule has 0 aliphatic rings. The highest BCUT2D eigenvalue weighted by Gasteiger charge is 2.24. The minimum atomic E-state index is -1.04. The Morgan fingerprint density at radius 3 is 2.69 bits per heavy atom. The fourth-order valence-corrected chi connectivity index (χ4v) is 1.04. The molecule has 1 rings (SSSR count). The standard InChI is InChI=1S/C8H15N5O3/c1-8(3-14,4-15)11-6(16)2-13-5-10-7(9)12-13/h5,14-15H,2-4H2,1H3,(H2,9,12)(H,11,16). The first-order valence-corrected chi connectivity index (χ1v) is 4.67. The lowest BCUT2D eigenvalue weighted by Gasteiger charge is -2.25. The molecule has 0 radical (unpaired) electrons. The number of hydrogen-bond acceptors (Lipinski definition) is 6. The van der Waals surface area contributed by atoms with Crippen molar-refractivity contribution in [2.24, 2.45) is 0 Å². The third kappa shape index (κ3) is 3.17. The molecule has 1 aromatic rings. The minimum Gasteiger partial charge on any atom is -0.394 e. The van der Waals surface area contributed by atoms with Crippen molar-refractivity contribution in [3.8, 4) is 0 Å². The van der Waals surface area contributed by atoms with Crippen LogP contribution in [0.15, 0.2) is 6.33 Å². The zero-order valence-corrected chi connectivity index (χ0v) is 8.92. The van der Waals surface area contributed by atoms with Crippen LogP contribution in [0.2, 0.25) is 0 Å². The first kappa shape index (κ1) is 12.4. The molecule has 0 saturated carbocycles. The highest BCUT2D eigenvalue weighted by Crippen LogP contribution is 2.00. The van der Waals surface area contributed by atoms with E-state index < -0.39 is 11.4 Å². The maximum atomic E-state index is 11.5. The normalized spacial score (nSPS) is 11.4. The molecule has 0 aliphatic carbocycles. The minimum absolute atomic E-state index is 0.0697. The number of aliphatic hydroxyl groups excluding tert-OH is 2. The van der Waals surface area contributed by atoms with Crippen LogP contribution in [-0.2, 0) is 11.3 Å². The predicted molar refractivity (Wildman–Crippen MR) is 55.2 cm³/mol. The Labute approximate surface area is 92.1 Å². The van der Waals surface area contributed by atoms with Crippen molar-refractivity contribution in [1.29, 1.82) is 0 Å². The van der Waals surface area contributed by atoms with Gasteiger partial charge in [-0.15, -0.1) is 5.10 Å². The molecule has 0 saturated heterocycles. The molecular formula is C8H15N5O3. The van der Waals surface area contributed by atoms with E-state index >= 15 is 0 Å². The average molecular weight is 229 g/mol. The summed E-state index contributed by atoms with van der Waals surface area (Å²) in [6.45, 7) is 0.754. The van der Waals surface area contributed by atoms with Gasteiger partial charge >= 0.3 is 0 Å². The van der Waals surface area contributed by atoms with Crippen LogP contribution in [0.5, 0.6) is 0 Å². The van der Waals surface area contributed by atoms with Gasteiger partial charge in [-0.1, -0.05) is 0 Å². The molecule has 1 aromatic heterocycles. The van der Waals surface area contributed by atoms with Crippen LogP contribution in [0.25, 0.3) is 0 Å². The molecule has 0 fully saturated rings. The Morgan fingerprint density at radius 1 is 1.62 bits per heavy atom. The van der Waals surface area contributed by atoms with E-state index in [0.717, 1.165) is 0 Å². The average Bonchev–Trinajstić information content (AvgIpc) is 2.63. The predicted octanol–water partition coefficient (Wildman–Crippen LogP) is -2.28. The van der Waals surface area contributed by atoms with Gasteiger partial charge < -0.3 is 21.3 Å². The van der Waals surface area contributed by atoms with Gasteiger partial charge in [0.05, 0.1) is 18.8 Å². The van der Waals surface area contributed by atoms with Crippen molar-refractivity contribution in [3.05, 3.63) is 6.33 Å². The monoisotopic (exact) mass is 229 g/mol. The summed E-state index contributed by atoms with van der Waals surface area (Å²) in [6.07, 6.45) is 1.32. The molecule has 8 heteroatoms. The molecule has 0 spiro atoms. The lowest BCUT2D eigenvalue weighted by atomic mass is 10.1. The Kier molecular flexibility index (Phi) is 3.80. The maximum absolute atomic E-state index is 11.5. The molecule has 0 aromatic carbocycles. The number of carbonyl (C=O) groups excluding carboxylic acids is 1. The molecule has 0 bridgehead atoms. The highest BCUT2D eigenvalue weighted by atomic mass is 16.3. The topological polar surface area (TPSA) is 126 Å². The zero-order valence-electron chi connectivity index (χ0n) is 8.92. The second kappa shape index (κ2) is 4.90. The lowest BCUT2D eigenvalue weighted by molar-refractivity contribution is -0.124. The van der Waals surface area contributed by atoms with Gasteiger partial charge in [-0.05, 0) is 6.92 Å². The number of nitrogen functional groups attached to an aromatic ring is 1. The van der Waals surface area contributed by atoms with Crippen molar-refractivity contribution in [2.45, 2.75) is 19.0 Å². The Hall–Kier alpha value is -1.67. The molecule has 5 N–H and O–H groups in total. The molecule has 1 heterocycles. The summed E-state index contributed by atoms with van der Waals surface area (Å²) < 4.78 is 1.26. The van der Waals surface area contributed by atoms with Crippen molar-refractivity contribution < 1.29 is 15.0 Å². The molecule has 0 atom stereocenters. The number of aliphatic hydroxyl groups is 2. The molecular weight excluding hydrogens is 214 g/mol. The number of nitrogens with one attached hydrogen (secondary N) is 1. The van der Waals surface area contributed by atoms with Gasteiger partial charge in [-0.3, -0.25) is 4.79 Å². The van der Waals surface area contributed by atoms with Gasteiger partial charge in [0.1, 0.15) is 12.9 Å². The van der Waals surface area contributed by atoms with E-state index in [1.165, 1.54) is 17.9 Å². The van der Waals surface area contributed by atoms with Crippen LogP contribution in [0.3, 0.4) is 0 Å². The van der Waals surface area contributed by atoms with Gasteiger partial charge in [0.25, 0.3) is 0 Å². The quantitative estimate of drug-likeness (QED) is 0.450. The molecule has 16 heavy (non-hydrogen) atoms. The Balaban J connectivity index is 2.53. The van der Waals surface area contributed by atoms with E-state index in [2.05, 4.69) is 15.4 Å². The van der Waals surface area contributed by atoms with Gasteiger partial charge in [-0.2, -0.15) is 0 Å². The summed E-state index contributed by atoms with van der Waals surface area (Å²) in [4.78, 5) is 15.1. The number of hydrogen-bond donors (Lipinski definition) is 4. The molecule has 8 nitrogen and oxygen atoms in total. The fraction of sp³-hybridized carbons (Fsp3) is 0.625. The van der Waals surface area contributed by atoms with Gasteiger partial charge in [0.2, 0.25) is 11.9 Å². The SMILES string of the molecule is CC(CO)(CO)NC(=O)Cn1cnc(N)n1. The summed E-state index contributed by atoms with van der Waals surface area (Å²) in [5.41, 5.74) is 4.24. The number of carbonyl (C=O) groups is 1. The Morgan fingerprint density at radius 2 is 2.25 bits per heavy atom. The number of anilines is 1. The number of nitrogens with zero attached hydrogens (tertiary/aromatic N) is 3. The summed E-state index contributed by atoms with van der Waals surface area (Å²) in [5.74, 6) is -0.310. The van der Waals surface area contributed by atoms with E-state index in [0.29, 0.717) is 0 Å². The second-order valence-electron chi connectivity index (χ2n) is 3.73. The fourth-order valence-electron chi connectivity index (χ4n) is 1.04. The Bertz CT molecular complexity index is 360. The van der Waals surface area contributed by atoms with Crippen LogP contribution in [0, 0.1) is 0 Å². The molecule has 0 aliphatic heterocycles. The van der Waals surface area contributed by atoms with E-state index in [4.69, 9.17) is 15.9 Å². The van der Waals surface area contributed by atoms with E-state index in [1.54, 1.807) is 0 Å². The van der Waals surface area contributed by atoms with Crippen LogP contribution < -0.4 is 11.1 Å². The van der Waals surface area contributed by atoms with E-state index in [9.17, 15) is 4.79 Å². The highest BCUT2D eigenvalue weighted by molar-refractivity contribution is 5.76. The van der Waals surface area contributed by atoms with Crippen molar-refractivity contribution >= 4 is 11.9 Å². The van der Waals surface area contributed by atoms with Crippen LogP contribution in [0.4, 0.5) is 5.95 Å². The maximum Gasteiger partial charge on any atom is 0.242 e. The third-order valence-electron chi connectivity index (χ3n) is 2.00. The lowest BCUT2D eigenvalue weighted by Crippen LogP contribution is -2.52. The van der Waals surface area contributed by atoms with Gasteiger partial charge in [0, 0.05) is 0 Å². The first-order valence-electron chi connectivity index (χ1n) is 4.67. The number of aromatic nitrogens is 3.